The van der Waals surface area contributed by atoms with E-state index in [1.807, 2.05) is 0 Å². The molecule has 8 heteroatoms. The van der Waals surface area contributed by atoms with Crippen molar-refractivity contribution in [1.82, 2.24) is 5.32 Å². The average Bonchev–Trinajstić information content (AvgIpc) is 2.32. The van der Waals surface area contributed by atoms with E-state index in [-0.39, 0.29) is 12.3 Å². The maximum atomic E-state index is 13.3. The van der Waals surface area contributed by atoms with Crippen LogP contribution in [0.2, 0.25) is 0 Å². The summed E-state index contributed by atoms with van der Waals surface area (Å²) < 4.78 is 30.7. The van der Waals surface area contributed by atoms with E-state index >= 15 is 0 Å². The van der Waals surface area contributed by atoms with Crippen molar-refractivity contribution in [2.75, 3.05) is 19.0 Å². The standard InChI is InChI=1S/C12H14F2N2O4/c1-12(6-20-2,10(17)18)16-11(19)15-9-4-3-7(13)5-8(9)14/h3-5H,6H2,1-2H3,(H,17,18)(H2,15,16,19)/t12-/m0/s1. The minimum atomic E-state index is -1.67. The fraction of sp³-hybridized carbons (Fsp3) is 0.333. The van der Waals surface area contributed by atoms with Gasteiger partial charge in [0.15, 0.2) is 5.54 Å². The van der Waals surface area contributed by atoms with Gasteiger partial charge in [0.25, 0.3) is 0 Å². The van der Waals surface area contributed by atoms with Gasteiger partial charge in [0, 0.05) is 13.2 Å². The van der Waals surface area contributed by atoms with Crippen LogP contribution in [0, 0.1) is 11.6 Å². The van der Waals surface area contributed by atoms with Crippen LogP contribution in [0.5, 0.6) is 0 Å². The molecule has 6 nitrogen and oxygen atoms in total. The van der Waals surface area contributed by atoms with Gasteiger partial charge in [-0.2, -0.15) is 0 Å². The molecule has 110 valence electrons. The maximum absolute atomic E-state index is 13.3. The molecule has 3 N–H and O–H groups in total. The summed E-state index contributed by atoms with van der Waals surface area (Å²) in [6.07, 6.45) is 0. The summed E-state index contributed by atoms with van der Waals surface area (Å²) in [4.78, 5) is 22.7. The molecule has 2 amide bonds. The first-order chi connectivity index (χ1) is 9.28. The molecule has 0 aliphatic rings. The Hall–Kier alpha value is -2.22. The molecule has 0 aliphatic heterocycles. The number of carbonyl (C=O) groups is 2. The maximum Gasteiger partial charge on any atom is 0.331 e. The summed E-state index contributed by atoms with van der Waals surface area (Å²) in [6.45, 7) is 0.959. The normalized spacial score (nSPS) is 13.4. The number of ether oxygens (including phenoxy) is 1. The monoisotopic (exact) mass is 288 g/mol. The van der Waals surface area contributed by atoms with Gasteiger partial charge in [-0.25, -0.2) is 18.4 Å². The van der Waals surface area contributed by atoms with Crippen molar-refractivity contribution in [3.05, 3.63) is 29.8 Å². The highest BCUT2D eigenvalue weighted by Crippen LogP contribution is 2.15. The number of carboxylic acids is 1. The van der Waals surface area contributed by atoms with E-state index in [1.165, 1.54) is 14.0 Å². The van der Waals surface area contributed by atoms with Crippen molar-refractivity contribution >= 4 is 17.7 Å². The van der Waals surface area contributed by atoms with Gasteiger partial charge in [0.2, 0.25) is 0 Å². The van der Waals surface area contributed by atoms with Gasteiger partial charge in [-0.15, -0.1) is 0 Å². The number of methoxy groups -OCH3 is 1. The van der Waals surface area contributed by atoms with Crippen molar-refractivity contribution in [3.8, 4) is 0 Å². The highest BCUT2D eigenvalue weighted by Gasteiger charge is 2.35. The third-order valence-corrected chi connectivity index (χ3v) is 2.47. The Morgan fingerprint density at radius 2 is 2.05 bits per heavy atom. The van der Waals surface area contributed by atoms with Gasteiger partial charge >= 0.3 is 12.0 Å². The van der Waals surface area contributed by atoms with E-state index in [0.717, 1.165) is 12.1 Å². The molecule has 0 saturated carbocycles. The minimum Gasteiger partial charge on any atom is -0.479 e. The molecule has 0 aliphatic carbocycles. The Labute approximate surface area is 113 Å². The van der Waals surface area contributed by atoms with Crippen LogP contribution in [-0.4, -0.2) is 36.4 Å². The van der Waals surface area contributed by atoms with Crippen molar-refractivity contribution < 1.29 is 28.2 Å². The number of anilines is 1. The van der Waals surface area contributed by atoms with Crippen molar-refractivity contribution in [3.63, 3.8) is 0 Å². The summed E-state index contributed by atoms with van der Waals surface area (Å²) in [7, 11) is 1.28. The highest BCUT2D eigenvalue weighted by molar-refractivity contribution is 5.93. The molecule has 1 atom stereocenters. The fourth-order valence-electron chi connectivity index (χ4n) is 1.43. The first kappa shape index (κ1) is 15.8. The van der Waals surface area contributed by atoms with E-state index < -0.39 is 29.2 Å². The fourth-order valence-corrected chi connectivity index (χ4v) is 1.43. The Bertz CT molecular complexity index is 524. The molecule has 0 saturated heterocycles. The van der Waals surface area contributed by atoms with Crippen molar-refractivity contribution in [2.24, 2.45) is 0 Å². The third-order valence-electron chi connectivity index (χ3n) is 2.47. The molecule has 0 unspecified atom stereocenters. The van der Waals surface area contributed by atoms with Crippen LogP contribution in [0.4, 0.5) is 19.3 Å². The van der Waals surface area contributed by atoms with E-state index in [2.05, 4.69) is 10.6 Å². The molecular formula is C12H14F2N2O4. The van der Waals surface area contributed by atoms with Crippen LogP contribution >= 0.6 is 0 Å². The van der Waals surface area contributed by atoms with Crippen LogP contribution in [-0.2, 0) is 9.53 Å². The Morgan fingerprint density at radius 1 is 1.40 bits per heavy atom. The van der Waals surface area contributed by atoms with Crippen molar-refractivity contribution in [1.29, 1.82) is 0 Å². The zero-order chi connectivity index (χ0) is 15.3. The number of hydrogen-bond donors (Lipinski definition) is 3. The van der Waals surface area contributed by atoms with Crippen molar-refractivity contribution in [2.45, 2.75) is 12.5 Å². The number of hydrogen-bond acceptors (Lipinski definition) is 3. The predicted molar refractivity (Wildman–Crippen MR) is 66.4 cm³/mol. The quantitative estimate of drug-likeness (QED) is 0.767. The molecule has 0 radical (unpaired) electrons. The number of urea groups is 1. The smallest absolute Gasteiger partial charge is 0.331 e. The second-order valence-corrected chi connectivity index (χ2v) is 4.27. The van der Waals surface area contributed by atoms with Crippen LogP contribution < -0.4 is 10.6 Å². The number of carbonyl (C=O) groups excluding carboxylic acids is 1. The summed E-state index contributed by atoms with van der Waals surface area (Å²) in [5, 5.41) is 13.3. The number of aliphatic carboxylic acids is 1. The van der Waals surface area contributed by atoms with Crippen LogP contribution in [0.3, 0.4) is 0 Å². The van der Waals surface area contributed by atoms with Crippen LogP contribution in [0.15, 0.2) is 18.2 Å². The van der Waals surface area contributed by atoms with E-state index in [0.29, 0.717) is 6.07 Å². The SMILES string of the molecule is COC[C@](C)(NC(=O)Nc1ccc(F)cc1F)C(=O)O. The topological polar surface area (TPSA) is 87.7 Å². The number of benzene rings is 1. The lowest BCUT2D eigenvalue weighted by Crippen LogP contribution is -2.56. The summed E-state index contributed by atoms with van der Waals surface area (Å²) >= 11 is 0. The van der Waals surface area contributed by atoms with Gasteiger partial charge in [-0.3, -0.25) is 0 Å². The van der Waals surface area contributed by atoms with Gasteiger partial charge in [-0.1, -0.05) is 0 Å². The zero-order valence-corrected chi connectivity index (χ0v) is 10.9. The minimum absolute atomic E-state index is 0.269. The Balaban J connectivity index is 2.78. The lowest BCUT2D eigenvalue weighted by Gasteiger charge is -2.25. The molecule has 0 aromatic heterocycles. The zero-order valence-electron chi connectivity index (χ0n) is 10.9. The van der Waals surface area contributed by atoms with E-state index in [9.17, 15) is 18.4 Å². The molecular weight excluding hydrogens is 274 g/mol. The average molecular weight is 288 g/mol. The van der Waals surface area contributed by atoms with Crippen LogP contribution in [0.25, 0.3) is 0 Å². The summed E-state index contributed by atoms with van der Waals surface area (Å²) in [6, 6.07) is 1.64. The molecule has 0 bridgehead atoms. The molecule has 0 heterocycles. The Morgan fingerprint density at radius 3 is 2.55 bits per heavy atom. The number of rotatable bonds is 5. The molecule has 20 heavy (non-hydrogen) atoms. The number of amides is 2. The number of halogens is 2. The lowest BCUT2D eigenvalue weighted by atomic mass is 10.1. The van der Waals surface area contributed by atoms with Gasteiger partial charge in [0.1, 0.15) is 11.6 Å². The molecule has 1 rings (SSSR count). The summed E-state index contributed by atoms with van der Waals surface area (Å²) in [5.41, 5.74) is -1.94. The third kappa shape index (κ3) is 3.89. The second-order valence-electron chi connectivity index (χ2n) is 4.27. The number of carboxylic acid groups (broad SMARTS) is 1. The summed E-state index contributed by atoms with van der Waals surface area (Å²) in [5.74, 6) is -3.07. The molecule has 1 aromatic rings. The molecule has 1 aromatic carbocycles. The van der Waals surface area contributed by atoms with Crippen LogP contribution in [0.1, 0.15) is 6.92 Å². The van der Waals surface area contributed by atoms with Gasteiger partial charge in [0.05, 0.1) is 12.3 Å². The molecule has 0 spiro atoms. The van der Waals surface area contributed by atoms with Gasteiger partial charge < -0.3 is 20.5 Å². The van der Waals surface area contributed by atoms with E-state index in [1.54, 1.807) is 0 Å². The predicted octanol–water partition coefficient (Wildman–Crippen LogP) is 1.58. The first-order valence-electron chi connectivity index (χ1n) is 5.55. The first-order valence-corrected chi connectivity index (χ1v) is 5.55. The number of nitrogens with one attached hydrogen (secondary N) is 2. The Kier molecular flexibility index (Phi) is 4.98. The largest absolute Gasteiger partial charge is 0.479 e. The highest BCUT2D eigenvalue weighted by atomic mass is 19.1. The van der Waals surface area contributed by atoms with Gasteiger partial charge in [-0.05, 0) is 19.1 Å². The van der Waals surface area contributed by atoms with E-state index in [4.69, 9.17) is 9.84 Å². The molecule has 0 fully saturated rings. The second kappa shape index (κ2) is 6.29. The lowest BCUT2D eigenvalue weighted by molar-refractivity contribution is -0.145.